The summed E-state index contributed by atoms with van der Waals surface area (Å²) >= 11 is 2.23. The Kier molecular flexibility index (Phi) is 3.52. The maximum atomic E-state index is 13.2. The topological polar surface area (TPSA) is 37.4 Å². The molecule has 2 aromatic carbocycles. The van der Waals surface area contributed by atoms with Crippen molar-refractivity contribution in [3.63, 3.8) is 0 Å². The lowest BCUT2D eigenvalue weighted by Gasteiger charge is -2.28. The van der Waals surface area contributed by atoms with Gasteiger partial charge in [-0.3, -0.25) is 14.5 Å². The molecule has 2 aromatic rings. The minimum Gasteiger partial charge on any atom is -0.274 e. The number of halogens is 1. The molecular formula is C21H18INO2. The minimum atomic E-state index is -0.129. The summed E-state index contributed by atoms with van der Waals surface area (Å²) in [6, 6.07) is 18.2. The number of fused-ring (bicyclic) bond motifs is 5. The molecule has 1 heterocycles. The first kappa shape index (κ1) is 15.6. The quantitative estimate of drug-likeness (QED) is 0.515. The van der Waals surface area contributed by atoms with Crippen LogP contribution in [0.4, 0.5) is 5.69 Å². The van der Waals surface area contributed by atoms with Gasteiger partial charge in [0.1, 0.15) is 0 Å². The Hall–Kier alpha value is -1.69. The average Bonchev–Trinajstić information content (AvgIpc) is 3.29. The first-order valence-electron chi connectivity index (χ1n) is 8.83. The van der Waals surface area contributed by atoms with Crippen molar-refractivity contribution in [2.75, 3.05) is 4.90 Å². The van der Waals surface area contributed by atoms with E-state index in [2.05, 4.69) is 46.9 Å². The van der Waals surface area contributed by atoms with Crippen molar-refractivity contribution in [3.8, 4) is 0 Å². The van der Waals surface area contributed by atoms with Crippen LogP contribution in [0.2, 0.25) is 0 Å². The molecular weight excluding hydrogens is 425 g/mol. The number of hydrogen-bond acceptors (Lipinski definition) is 2. The zero-order valence-corrected chi connectivity index (χ0v) is 15.8. The average molecular weight is 443 g/mol. The molecule has 5 unspecified atom stereocenters. The van der Waals surface area contributed by atoms with Gasteiger partial charge in [-0.25, -0.2) is 0 Å². The van der Waals surface area contributed by atoms with Crippen LogP contribution in [0, 0.1) is 27.2 Å². The fraction of sp³-hybridized carbons (Fsp3) is 0.333. The summed E-state index contributed by atoms with van der Waals surface area (Å²) in [4.78, 5) is 27.6. The van der Waals surface area contributed by atoms with Crippen LogP contribution in [0.5, 0.6) is 0 Å². The molecule has 1 saturated heterocycles. The second kappa shape index (κ2) is 5.66. The van der Waals surface area contributed by atoms with E-state index in [-0.39, 0.29) is 23.7 Å². The number of carbonyl (C=O) groups is 2. The maximum absolute atomic E-state index is 13.2. The number of imide groups is 1. The highest BCUT2D eigenvalue weighted by Gasteiger charge is 2.64. The third-order valence-corrected chi connectivity index (χ3v) is 7.05. The number of amides is 2. The molecule has 25 heavy (non-hydrogen) atoms. The van der Waals surface area contributed by atoms with Gasteiger partial charge in [0.15, 0.2) is 0 Å². The summed E-state index contributed by atoms with van der Waals surface area (Å²) in [5, 5.41) is 0. The van der Waals surface area contributed by atoms with Gasteiger partial charge in [0.2, 0.25) is 11.8 Å². The second-order valence-electron chi connectivity index (χ2n) is 7.45. The van der Waals surface area contributed by atoms with E-state index < -0.39 is 0 Å². The van der Waals surface area contributed by atoms with Gasteiger partial charge in [0.05, 0.1) is 17.5 Å². The lowest BCUT2D eigenvalue weighted by atomic mass is 9.73. The SMILES string of the molecule is O=C1C2C3CC(c4ccccc4)C(C3)C2C(=O)N1c1ccc(I)cc1. The molecule has 2 amide bonds. The highest BCUT2D eigenvalue weighted by atomic mass is 127. The molecule has 0 N–H and O–H groups in total. The van der Waals surface area contributed by atoms with Crippen molar-refractivity contribution < 1.29 is 9.59 Å². The zero-order chi connectivity index (χ0) is 17.1. The number of hydrogen-bond donors (Lipinski definition) is 0. The van der Waals surface area contributed by atoms with Gasteiger partial charge in [-0.05, 0) is 83.0 Å². The molecule has 0 radical (unpaired) electrons. The first-order chi connectivity index (χ1) is 12.1. The number of nitrogens with zero attached hydrogens (tertiary/aromatic N) is 1. The van der Waals surface area contributed by atoms with Crippen molar-refractivity contribution in [1.29, 1.82) is 0 Å². The Balaban J connectivity index is 1.49. The van der Waals surface area contributed by atoms with Crippen LogP contribution in [0.1, 0.15) is 24.3 Å². The fourth-order valence-corrected chi connectivity index (χ4v) is 5.75. The minimum absolute atomic E-state index is 0.0179. The van der Waals surface area contributed by atoms with E-state index in [1.54, 1.807) is 0 Å². The molecule has 3 aliphatic rings. The molecule has 3 fully saturated rings. The molecule has 2 saturated carbocycles. The Labute approximate surface area is 160 Å². The van der Waals surface area contributed by atoms with Gasteiger partial charge >= 0.3 is 0 Å². The maximum Gasteiger partial charge on any atom is 0.237 e. The van der Waals surface area contributed by atoms with E-state index >= 15 is 0 Å². The standard InChI is InChI=1S/C21H18INO2/c22-14-6-8-15(9-7-14)23-20(24)18-13-10-16(12-4-2-1-3-5-12)17(11-13)19(18)21(23)25/h1-9,13,16-19H,10-11H2. The number of anilines is 1. The Morgan fingerprint density at radius 3 is 2.24 bits per heavy atom. The van der Waals surface area contributed by atoms with Crippen LogP contribution < -0.4 is 4.90 Å². The van der Waals surface area contributed by atoms with E-state index in [0.717, 1.165) is 22.1 Å². The van der Waals surface area contributed by atoms with Crippen LogP contribution in [0.25, 0.3) is 0 Å². The van der Waals surface area contributed by atoms with Crippen molar-refractivity contribution in [1.82, 2.24) is 0 Å². The monoisotopic (exact) mass is 443 g/mol. The lowest BCUT2D eigenvalue weighted by Crippen LogP contribution is -2.32. The Bertz CT molecular complexity index is 848. The lowest BCUT2D eigenvalue weighted by molar-refractivity contribution is -0.123. The van der Waals surface area contributed by atoms with Gasteiger partial charge in [-0.2, -0.15) is 0 Å². The Morgan fingerprint density at radius 2 is 1.52 bits per heavy atom. The molecule has 5 rings (SSSR count). The summed E-state index contributed by atoms with van der Waals surface area (Å²) in [5.41, 5.74) is 2.04. The van der Waals surface area contributed by atoms with Crippen LogP contribution in [0.15, 0.2) is 54.6 Å². The van der Waals surface area contributed by atoms with Gasteiger partial charge < -0.3 is 0 Å². The van der Waals surface area contributed by atoms with E-state index in [4.69, 9.17) is 0 Å². The van der Waals surface area contributed by atoms with Gasteiger partial charge in [0.25, 0.3) is 0 Å². The molecule has 4 heteroatoms. The highest BCUT2D eigenvalue weighted by Crippen LogP contribution is 2.61. The molecule has 0 aromatic heterocycles. The third-order valence-electron chi connectivity index (χ3n) is 6.33. The smallest absolute Gasteiger partial charge is 0.237 e. The molecule has 0 spiro atoms. The van der Waals surface area contributed by atoms with Crippen molar-refractivity contribution in [3.05, 3.63) is 63.7 Å². The number of carbonyl (C=O) groups excluding carboxylic acids is 2. The largest absolute Gasteiger partial charge is 0.274 e. The molecule has 5 atom stereocenters. The van der Waals surface area contributed by atoms with Gasteiger partial charge in [0, 0.05) is 3.57 Å². The highest BCUT2D eigenvalue weighted by molar-refractivity contribution is 14.1. The summed E-state index contributed by atoms with van der Waals surface area (Å²) in [7, 11) is 0. The van der Waals surface area contributed by atoms with Crippen LogP contribution in [0.3, 0.4) is 0 Å². The summed E-state index contributed by atoms with van der Waals surface area (Å²) in [6.45, 7) is 0. The van der Waals surface area contributed by atoms with Crippen molar-refractivity contribution in [2.45, 2.75) is 18.8 Å². The predicted octanol–water partition coefficient (Wildman–Crippen LogP) is 4.22. The first-order valence-corrected chi connectivity index (χ1v) is 9.91. The van der Waals surface area contributed by atoms with Crippen molar-refractivity contribution >= 4 is 40.1 Å². The number of rotatable bonds is 2. The third kappa shape index (κ3) is 2.23. The van der Waals surface area contributed by atoms with Crippen LogP contribution in [-0.2, 0) is 9.59 Å². The van der Waals surface area contributed by atoms with Crippen LogP contribution >= 0.6 is 22.6 Å². The molecule has 3 nitrogen and oxygen atoms in total. The summed E-state index contributed by atoms with van der Waals surface area (Å²) in [6.07, 6.45) is 2.06. The zero-order valence-electron chi connectivity index (χ0n) is 13.6. The molecule has 1 aliphatic heterocycles. The Morgan fingerprint density at radius 1 is 0.840 bits per heavy atom. The fourth-order valence-electron chi connectivity index (χ4n) is 5.39. The normalized spacial score (nSPS) is 33.2. The van der Waals surface area contributed by atoms with E-state index in [1.807, 2.05) is 30.3 Å². The number of benzene rings is 2. The summed E-state index contributed by atoms with van der Waals surface area (Å²) < 4.78 is 1.10. The van der Waals surface area contributed by atoms with Crippen LogP contribution in [-0.4, -0.2) is 11.8 Å². The van der Waals surface area contributed by atoms with E-state index in [9.17, 15) is 9.59 Å². The molecule has 126 valence electrons. The molecule has 2 aliphatic carbocycles. The second-order valence-corrected chi connectivity index (χ2v) is 8.70. The predicted molar refractivity (Wildman–Crippen MR) is 104 cm³/mol. The van der Waals surface area contributed by atoms with Gasteiger partial charge in [-0.1, -0.05) is 30.3 Å². The van der Waals surface area contributed by atoms with E-state index in [1.165, 1.54) is 10.5 Å². The van der Waals surface area contributed by atoms with Crippen molar-refractivity contribution in [2.24, 2.45) is 23.7 Å². The molecule has 2 bridgehead atoms. The summed E-state index contributed by atoms with van der Waals surface area (Å²) in [5.74, 6) is 0.890. The van der Waals surface area contributed by atoms with Gasteiger partial charge in [-0.15, -0.1) is 0 Å². The van der Waals surface area contributed by atoms with E-state index in [0.29, 0.717) is 17.8 Å².